The van der Waals surface area contributed by atoms with E-state index in [9.17, 15) is 9.90 Å². The van der Waals surface area contributed by atoms with Crippen molar-refractivity contribution in [3.05, 3.63) is 29.5 Å². The Bertz CT molecular complexity index is 623. The number of carbonyl (C=O) groups is 1. The first kappa shape index (κ1) is 12.2. The topological polar surface area (TPSA) is 63.3 Å². The van der Waals surface area contributed by atoms with Crippen LogP contribution in [0.15, 0.2) is 22.7 Å². The first-order valence-electron chi connectivity index (χ1n) is 6.74. The first-order valence-corrected chi connectivity index (χ1v) is 6.74. The molecule has 3 rings (SSSR count). The number of hydrogen-bond acceptors (Lipinski definition) is 3. The summed E-state index contributed by atoms with van der Waals surface area (Å²) in [6.07, 6.45) is 4.45. The predicted octanol–water partition coefficient (Wildman–Crippen LogP) is 3.42. The van der Waals surface area contributed by atoms with Crippen molar-refractivity contribution >= 4 is 16.9 Å². The zero-order valence-corrected chi connectivity index (χ0v) is 11.0. The fourth-order valence-corrected chi connectivity index (χ4v) is 3.30. The van der Waals surface area contributed by atoms with Gasteiger partial charge in [0, 0.05) is 5.39 Å². The highest BCUT2D eigenvalue weighted by Gasteiger charge is 2.42. The lowest BCUT2D eigenvalue weighted by molar-refractivity contribution is -0.145. The average Bonchev–Trinajstić information content (AvgIpc) is 2.81. The van der Waals surface area contributed by atoms with Crippen LogP contribution in [0.3, 0.4) is 0 Å². The maximum absolute atomic E-state index is 11.9. The Labute approximate surface area is 111 Å². The Kier molecular flexibility index (Phi) is 2.81. The number of aliphatic carboxylic acids is 1. The van der Waals surface area contributed by atoms with Gasteiger partial charge in [0.05, 0.1) is 11.1 Å². The molecule has 4 heteroatoms. The fourth-order valence-electron chi connectivity index (χ4n) is 3.30. The molecule has 0 bridgehead atoms. The largest absolute Gasteiger partial charge is 0.481 e. The minimum absolute atomic E-state index is 0.682. The molecule has 1 aromatic heterocycles. The Morgan fingerprint density at radius 2 is 2.05 bits per heavy atom. The molecule has 1 N–H and O–H groups in total. The van der Waals surface area contributed by atoms with Crippen LogP contribution in [0.1, 0.15) is 43.4 Å². The molecule has 0 aliphatic heterocycles. The van der Waals surface area contributed by atoms with E-state index in [0.29, 0.717) is 18.4 Å². The van der Waals surface area contributed by atoms with Crippen molar-refractivity contribution < 1.29 is 14.4 Å². The minimum Gasteiger partial charge on any atom is -0.481 e. The number of rotatable bonds is 2. The molecule has 0 atom stereocenters. The van der Waals surface area contributed by atoms with Gasteiger partial charge in [-0.1, -0.05) is 36.6 Å². The zero-order chi connectivity index (χ0) is 13.5. The van der Waals surface area contributed by atoms with Gasteiger partial charge in [0.2, 0.25) is 0 Å². The van der Waals surface area contributed by atoms with Crippen molar-refractivity contribution in [3.63, 3.8) is 0 Å². The fraction of sp³-hybridized carbons (Fsp3) is 0.467. The number of carboxylic acid groups (broad SMARTS) is 1. The number of benzene rings is 1. The van der Waals surface area contributed by atoms with Gasteiger partial charge in [-0.2, -0.15) is 0 Å². The number of fused-ring (bicyclic) bond motifs is 1. The standard InChI is InChI=1S/C15H17NO3/c1-10-13-11(6-5-7-12(13)19-16-10)15(14(17)18)8-3-2-4-9-15/h5-7H,2-4,8-9H2,1H3,(H,17,18). The van der Waals surface area contributed by atoms with Gasteiger partial charge in [-0.05, 0) is 31.4 Å². The van der Waals surface area contributed by atoms with Crippen molar-refractivity contribution in [2.75, 3.05) is 0 Å². The first-order chi connectivity index (χ1) is 9.15. The molecule has 1 aliphatic rings. The molecule has 0 radical (unpaired) electrons. The van der Waals surface area contributed by atoms with E-state index in [0.717, 1.165) is 35.9 Å². The molecule has 1 fully saturated rings. The average molecular weight is 259 g/mol. The summed E-state index contributed by atoms with van der Waals surface area (Å²) in [4.78, 5) is 11.9. The Morgan fingerprint density at radius 3 is 2.74 bits per heavy atom. The summed E-state index contributed by atoms with van der Waals surface area (Å²) in [6.45, 7) is 1.87. The molecular formula is C15H17NO3. The van der Waals surface area contributed by atoms with Crippen LogP contribution in [0.4, 0.5) is 0 Å². The number of hydrogen-bond donors (Lipinski definition) is 1. The van der Waals surface area contributed by atoms with Crippen molar-refractivity contribution in [1.82, 2.24) is 5.16 Å². The highest BCUT2D eigenvalue weighted by atomic mass is 16.5. The van der Waals surface area contributed by atoms with E-state index >= 15 is 0 Å². The van der Waals surface area contributed by atoms with E-state index in [1.54, 1.807) is 0 Å². The highest BCUT2D eigenvalue weighted by molar-refractivity contribution is 5.92. The molecule has 0 amide bonds. The van der Waals surface area contributed by atoms with Crippen molar-refractivity contribution in [2.24, 2.45) is 0 Å². The number of aryl methyl sites for hydroxylation is 1. The van der Waals surface area contributed by atoms with Crippen molar-refractivity contribution in [2.45, 2.75) is 44.4 Å². The smallest absolute Gasteiger partial charge is 0.314 e. The van der Waals surface area contributed by atoms with Crippen LogP contribution in [0.2, 0.25) is 0 Å². The molecule has 0 saturated heterocycles. The molecule has 1 aromatic carbocycles. The lowest BCUT2D eigenvalue weighted by Gasteiger charge is -2.34. The number of aromatic nitrogens is 1. The third-order valence-corrected chi connectivity index (χ3v) is 4.30. The monoisotopic (exact) mass is 259 g/mol. The summed E-state index contributed by atoms with van der Waals surface area (Å²) < 4.78 is 5.26. The highest BCUT2D eigenvalue weighted by Crippen LogP contribution is 2.43. The van der Waals surface area contributed by atoms with Crippen LogP contribution < -0.4 is 0 Å². The third kappa shape index (κ3) is 1.74. The summed E-state index contributed by atoms with van der Waals surface area (Å²) >= 11 is 0. The van der Waals surface area contributed by atoms with E-state index in [4.69, 9.17) is 4.52 Å². The summed E-state index contributed by atoms with van der Waals surface area (Å²) in [5, 5.41) is 14.6. The van der Waals surface area contributed by atoms with Gasteiger partial charge in [-0.25, -0.2) is 0 Å². The Morgan fingerprint density at radius 1 is 1.32 bits per heavy atom. The normalized spacial score (nSPS) is 18.6. The molecule has 4 nitrogen and oxygen atoms in total. The molecule has 0 spiro atoms. The lowest BCUT2D eigenvalue weighted by Crippen LogP contribution is -2.38. The van der Waals surface area contributed by atoms with Gasteiger partial charge in [0.15, 0.2) is 5.58 Å². The van der Waals surface area contributed by atoms with Gasteiger partial charge in [-0.3, -0.25) is 4.79 Å². The van der Waals surface area contributed by atoms with Crippen LogP contribution in [0.25, 0.3) is 11.0 Å². The van der Waals surface area contributed by atoms with Crippen molar-refractivity contribution in [1.29, 1.82) is 0 Å². The maximum Gasteiger partial charge on any atom is 0.314 e. The van der Waals surface area contributed by atoms with Crippen LogP contribution >= 0.6 is 0 Å². The molecule has 100 valence electrons. The van der Waals surface area contributed by atoms with Crippen molar-refractivity contribution in [3.8, 4) is 0 Å². The summed E-state index contributed by atoms with van der Waals surface area (Å²) in [5.74, 6) is -0.722. The van der Waals surface area contributed by atoms with Gasteiger partial charge >= 0.3 is 5.97 Å². The quantitative estimate of drug-likeness (QED) is 0.897. The van der Waals surface area contributed by atoms with Crippen LogP contribution in [-0.4, -0.2) is 16.2 Å². The molecular weight excluding hydrogens is 242 g/mol. The Hall–Kier alpha value is -1.84. The SMILES string of the molecule is Cc1noc2cccc(C3(C(=O)O)CCCCC3)c12. The van der Waals surface area contributed by atoms with E-state index in [1.807, 2.05) is 25.1 Å². The van der Waals surface area contributed by atoms with E-state index in [-0.39, 0.29) is 0 Å². The maximum atomic E-state index is 11.9. The molecule has 2 aromatic rings. The molecule has 19 heavy (non-hydrogen) atoms. The predicted molar refractivity (Wildman–Crippen MR) is 71.1 cm³/mol. The van der Waals surface area contributed by atoms with Gasteiger partial charge < -0.3 is 9.63 Å². The zero-order valence-electron chi connectivity index (χ0n) is 11.0. The van der Waals surface area contributed by atoms with E-state index in [1.165, 1.54) is 0 Å². The second-order valence-corrected chi connectivity index (χ2v) is 5.39. The lowest BCUT2D eigenvalue weighted by atomic mass is 9.68. The van der Waals surface area contributed by atoms with Gasteiger partial charge in [0.1, 0.15) is 0 Å². The molecule has 0 unspecified atom stereocenters. The second-order valence-electron chi connectivity index (χ2n) is 5.39. The van der Waals surface area contributed by atoms with Gasteiger partial charge in [0.25, 0.3) is 0 Å². The summed E-state index contributed by atoms with van der Waals surface area (Å²) in [6, 6.07) is 5.63. The molecule has 1 saturated carbocycles. The minimum atomic E-state index is -0.770. The van der Waals surface area contributed by atoms with Crippen LogP contribution in [0, 0.1) is 6.92 Å². The second kappa shape index (κ2) is 4.37. The third-order valence-electron chi connectivity index (χ3n) is 4.30. The number of nitrogens with zero attached hydrogens (tertiary/aromatic N) is 1. The summed E-state index contributed by atoms with van der Waals surface area (Å²) in [5.41, 5.74) is 1.56. The van der Waals surface area contributed by atoms with E-state index in [2.05, 4.69) is 5.16 Å². The number of carboxylic acids is 1. The van der Waals surface area contributed by atoms with Gasteiger partial charge in [-0.15, -0.1) is 0 Å². The molecule has 1 aliphatic carbocycles. The van der Waals surface area contributed by atoms with E-state index < -0.39 is 11.4 Å². The molecule has 1 heterocycles. The summed E-state index contributed by atoms with van der Waals surface area (Å²) in [7, 11) is 0. The van der Waals surface area contributed by atoms with Crippen LogP contribution in [-0.2, 0) is 10.2 Å². The van der Waals surface area contributed by atoms with Crippen LogP contribution in [0.5, 0.6) is 0 Å². The Balaban J connectivity index is 2.26.